The Morgan fingerprint density at radius 1 is 1.00 bits per heavy atom. The van der Waals surface area contributed by atoms with Crippen LogP contribution in [0.4, 0.5) is 0 Å². The number of ketones is 2. The summed E-state index contributed by atoms with van der Waals surface area (Å²) in [7, 11) is 0. The van der Waals surface area contributed by atoms with Crippen LogP contribution in [-0.4, -0.2) is 66.2 Å². The lowest BCUT2D eigenvalue weighted by Gasteiger charge is -2.37. The van der Waals surface area contributed by atoms with Gasteiger partial charge in [0.05, 0.1) is 5.57 Å². The SMILES string of the molecule is CC(=C1C(=O)c2ccccc2C1=O)N1CCN(C(=O)C2CCCO2)CC1. The van der Waals surface area contributed by atoms with Crippen molar-refractivity contribution in [2.75, 3.05) is 32.8 Å². The van der Waals surface area contributed by atoms with Crippen molar-refractivity contribution in [3.63, 3.8) is 0 Å². The molecule has 2 fully saturated rings. The van der Waals surface area contributed by atoms with E-state index in [9.17, 15) is 14.4 Å². The third-order valence-corrected chi connectivity index (χ3v) is 5.50. The first-order chi connectivity index (χ1) is 12.6. The summed E-state index contributed by atoms with van der Waals surface area (Å²) < 4.78 is 5.48. The fourth-order valence-corrected chi connectivity index (χ4v) is 3.98. The third-order valence-electron chi connectivity index (χ3n) is 5.50. The van der Waals surface area contributed by atoms with Crippen LogP contribution in [0.3, 0.4) is 0 Å². The van der Waals surface area contributed by atoms with Crippen LogP contribution in [0.1, 0.15) is 40.5 Å². The summed E-state index contributed by atoms with van der Waals surface area (Å²) in [6, 6.07) is 6.96. The van der Waals surface area contributed by atoms with Crippen LogP contribution in [0.2, 0.25) is 0 Å². The van der Waals surface area contributed by atoms with Crippen molar-refractivity contribution in [2.24, 2.45) is 0 Å². The van der Waals surface area contributed by atoms with Gasteiger partial charge in [0.15, 0.2) is 11.6 Å². The lowest BCUT2D eigenvalue weighted by Crippen LogP contribution is -2.51. The summed E-state index contributed by atoms with van der Waals surface area (Å²) in [5.41, 5.74) is 1.95. The second kappa shape index (κ2) is 6.68. The molecule has 1 unspecified atom stereocenters. The lowest BCUT2D eigenvalue weighted by molar-refractivity contribution is -0.142. The van der Waals surface area contributed by atoms with Crippen molar-refractivity contribution in [3.8, 4) is 0 Å². The molecular formula is C20H22N2O4. The van der Waals surface area contributed by atoms with Crippen LogP contribution in [-0.2, 0) is 9.53 Å². The molecule has 4 rings (SSSR count). The van der Waals surface area contributed by atoms with Gasteiger partial charge in [-0.05, 0) is 19.8 Å². The normalized spacial score (nSPS) is 22.8. The van der Waals surface area contributed by atoms with Gasteiger partial charge in [-0.15, -0.1) is 0 Å². The molecule has 136 valence electrons. The minimum absolute atomic E-state index is 0.0629. The van der Waals surface area contributed by atoms with Crippen LogP contribution in [0.5, 0.6) is 0 Å². The maximum Gasteiger partial charge on any atom is 0.251 e. The zero-order valence-corrected chi connectivity index (χ0v) is 14.9. The van der Waals surface area contributed by atoms with Gasteiger partial charge >= 0.3 is 0 Å². The molecule has 1 aromatic rings. The Balaban J connectivity index is 1.48. The number of Topliss-reactive ketones (excluding diaryl/α,β-unsaturated/α-hetero) is 2. The van der Waals surface area contributed by atoms with Gasteiger partial charge in [0.1, 0.15) is 6.10 Å². The number of piperazine rings is 1. The molecule has 6 heteroatoms. The maximum absolute atomic E-state index is 12.7. The number of carbonyl (C=O) groups is 3. The molecule has 6 nitrogen and oxygen atoms in total. The van der Waals surface area contributed by atoms with Crippen LogP contribution in [0.25, 0.3) is 0 Å². The first kappa shape index (κ1) is 17.0. The van der Waals surface area contributed by atoms with E-state index in [0.29, 0.717) is 49.6 Å². The van der Waals surface area contributed by atoms with Gasteiger partial charge in [0.25, 0.3) is 5.91 Å². The number of allylic oxidation sites excluding steroid dienone is 2. The van der Waals surface area contributed by atoms with E-state index in [2.05, 4.69) is 0 Å². The average Bonchev–Trinajstić information content (AvgIpc) is 3.29. The number of ether oxygens (including phenoxy) is 1. The third kappa shape index (κ3) is 2.74. The Kier molecular flexibility index (Phi) is 4.36. The highest BCUT2D eigenvalue weighted by Gasteiger charge is 2.36. The predicted octanol–water partition coefficient (Wildman–Crippen LogP) is 1.66. The molecule has 0 spiro atoms. The van der Waals surface area contributed by atoms with Gasteiger partial charge in [-0.3, -0.25) is 14.4 Å². The smallest absolute Gasteiger partial charge is 0.251 e. The van der Waals surface area contributed by atoms with E-state index in [0.717, 1.165) is 12.8 Å². The van der Waals surface area contributed by atoms with Gasteiger partial charge in [-0.25, -0.2) is 0 Å². The Labute approximate surface area is 152 Å². The topological polar surface area (TPSA) is 66.9 Å². The van der Waals surface area contributed by atoms with E-state index in [-0.39, 0.29) is 29.2 Å². The molecule has 3 aliphatic rings. The van der Waals surface area contributed by atoms with Crippen molar-refractivity contribution in [3.05, 3.63) is 46.7 Å². The Morgan fingerprint density at radius 3 is 2.12 bits per heavy atom. The molecule has 0 radical (unpaired) electrons. The second-order valence-corrected chi connectivity index (χ2v) is 6.98. The fraction of sp³-hybridized carbons (Fsp3) is 0.450. The number of fused-ring (bicyclic) bond motifs is 1. The van der Waals surface area contributed by atoms with Gasteiger partial charge in [0, 0.05) is 49.6 Å². The van der Waals surface area contributed by atoms with E-state index >= 15 is 0 Å². The molecule has 26 heavy (non-hydrogen) atoms. The highest BCUT2D eigenvalue weighted by Crippen LogP contribution is 2.29. The zero-order valence-electron chi connectivity index (χ0n) is 14.9. The van der Waals surface area contributed by atoms with Crippen LogP contribution in [0.15, 0.2) is 35.5 Å². The molecule has 0 saturated carbocycles. The van der Waals surface area contributed by atoms with Crippen molar-refractivity contribution < 1.29 is 19.1 Å². The number of rotatable bonds is 2. The van der Waals surface area contributed by atoms with Gasteiger partial charge < -0.3 is 14.5 Å². The largest absolute Gasteiger partial charge is 0.371 e. The van der Waals surface area contributed by atoms with Crippen LogP contribution in [0, 0.1) is 0 Å². The summed E-state index contributed by atoms with van der Waals surface area (Å²) in [6.07, 6.45) is 1.43. The van der Waals surface area contributed by atoms with Crippen molar-refractivity contribution in [2.45, 2.75) is 25.9 Å². The van der Waals surface area contributed by atoms with Crippen molar-refractivity contribution in [1.82, 2.24) is 9.80 Å². The fourth-order valence-electron chi connectivity index (χ4n) is 3.98. The Morgan fingerprint density at radius 2 is 1.58 bits per heavy atom. The van der Waals surface area contributed by atoms with E-state index in [1.54, 1.807) is 24.3 Å². The molecule has 2 saturated heterocycles. The summed E-state index contributed by atoms with van der Waals surface area (Å²) >= 11 is 0. The minimum Gasteiger partial charge on any atom is -0.371 e. The molecule has 1 aliphatic carbocycles. The molecule has 2 heterocycles. The zero-order chi connectivity index (χ0) is 18.3. The van der Waals surface area contributed by atoms with Crippen LogP contribution < -0.4 is 0 Å². The second-order valence-electron chi connectivity index (χ2n) is 6.98. The molecule has 1 atom stereocenters. The van der Waals surface area contributed by atoms with E-state index in [4.69, 9.17) is 4.74 Å². The summed E-state index contributed by atoms with van der Waals surface area (Å²) in [5, 5.41) is 0. The minimum atomic E-state index is -0.298. The first-order valence-electron chi connectivity index (χ1n) is 9.12. The summed E-state index contributed by atoms with van der Waals surface area (Å²) in [5.74, 6) is -0.324. The quantitative estimate of drug-likeness (QED) is 0.597. The molecular weight excluding hydrogens is 332 g/mol. The Hall–Kier alpha value is -2.47. The summed E-state index contributed by atoms with van der Waals surface area (Å²) in [4.78, 5) is 41.6. The highest BCUT2D eigenvalue weighted by molar-refractivity contribution is 6.39. The molecule has 0 aromatic heterocycles. The van der Waals surface area contributed by atoms with E-state index in [1.165, 1.54) is 0 Å². The molecule has 0 N–H and O–H groups in total. The van der Waals surface area contributed by atoms with E-state index < -0.39 is 0 Å². The highest BCUT2D eigenvalue weighted by atomic mass is 16.5. The number of nitrogens with zero attached hydrogens (tertiary/aromatic N) is 2. The van der Waals surface area contributed by atoms with Gasteiger partial charge in [-0.1, -0.05) is 24.3 Å². The van der Waals surface area contributed by atoms with Crippen molar-refractivity contribution >= 4 is 17.5 Å². The van der Waals surface area contributed by atoms with Gasteiger partial charge in [-0.2, -0.15) is 0 Å². The number of carbonyl (C=O) groups excluding carboxylic acids is 3. The predicted molar refractivity (Wildman–Crippen MR) is 94.9 cm³/mol. The molecule has 1 amide bonds. The van der Waals surface area contributed by atoms with E-state index in [1.807, 2.05) is 16.7 Å². The molecule has 1 aromatic carbocycles. The Bertz CT molecular complexity index is 763. The molecule has 0 bridgehead atoms. The number of amides is 1. The first-order valence-corrected chi connectivity index (χ1v) is 9.12. The van der Waals surface area contributed by atoms with Crippen LogP contribution >= 0.6 is 0 Å². The number of hydrogen-bond donors (Lipinski definition) is 0. The number of benzene rings is 1. The van der Waals surface area contributed by atoms with Gasteiger partial charge in [0.2, 0.25) is 0 Å². The monoisotopic (exact) mass is 354 g/mol. The standard InChI is InChI=1S/C20H22N2O4/c1-13(17-18(23)14-5-2-3-6-15(14)19(17)24)21-8-10-22(11-9-21)20(25)16-7-4-12-26-16/h2-3,5-6,16H,4,7-12H2,1H3. The molecule has 2 aliphatic heterocycles. The maximum atomic E-state index is 12.7. The number of hydrogen-bond acceptors (Lipinski definition) is 5. The van der Waals surface area contributed by atoms with Crippen molar-refractivity contribution in [1.29, 1.82) is 0 Å². The summed E-state index contributed by atoms with van der Waals surface area (Å²) in [6.45, 7) is 4.88. The lowest BCUT2D eigenvalue weighted by atomic mass is 10.1. The average molecular weight is 354 g/mol.